The summed E-state index contributed by atoms with van der Waals surface area (Å²) in [6.45, 7) is 3.11. The first kappa shape index (κ1) is 31.5. The fourth-order valence-electron chi connectivity index (χ4n) is 4.49. The van der Waals surface area contributed by atoms with Crippen molar-refractivity contribution in [2.45, 2.75) is 0 Å². The molecular formula is C28H29Cl3N4O4. The number of amides is 1. The van der Waals surface area contributed by atoms with E-state index in [0.717, 1.165) is 26.2 Å². The number of hydrogen-bond acceptors (Lipinski definition) is 6. The van der Waals surface area contributed by atoms with Gasteiger partial charge < -0.3 is 25.0 Å². The molecule has 2 heterocycles. The average Bonchev–Trinajstić information content (AvgIpc) is 2.93. The lowest BCUT2D eigenvalue weighted by atomic mass is 10.1. The van der Waals surface area contributed by atoms with E-state index in [0.29, 0.717) is 33.7 Å². The summed E-state index contributed by atoms with van der Waals surface area (Å²) < 4.78 is 5.27. The Labute approximate surface area is 245 Å². The monoisotopic (exact) mass is 590 g/mol. The molecule has 39 heavy (non-hydrogen) atoms. The Balaban J connectivity index is 0.00000178. The smallest absolute Gasteiger partial charge is 0.336 e. The number of carboxylic acid groups (broad SMARTS) is 1. The quantitative estimate of drug-likeness (QED) is 0.293. The highest BCUT2D eigenvalue weighted by molar-refractivity contribution is 6.09. The number of anilines is 3. The molecule has 2 N–H and O–H groups in total. The zero-order chi connectivity index (χ0) is 25.1. The number of carbonyl (C=O) groups is 2. The molecular weight excluding hydrogens is 563 g/mol. The van der Waals surface area contributed by atoms with Crippen molar-refractivity contribution >= 4 is 77.2 Å². The van der Waals surface area contributed by atoms with Crippen LogP contribution >= 0.6 is 37.2 Å². The molecule has 0 atom stereocenters. The molecule has 3 aromatic carbocycles. The van der Waals surface area contributed by atoms with Gasteiger partial charge in [-0.2, -0.15) is 0 Å². The minimum Gasteiger partial charge on any atom is -0.496 e. The standard InChI is InChI=1S/C28H26N4O4.3ClH/c1-36-25-10-6-5-9-21(25)27(33)29-19-11-12-24-22(17-19)23(28(34)35)18-26(30-24)32-15-13-31(14-16-32)20-7-3-2-4-8-20;;;/h2-12,17-18H,13-16H2,1H3,(H,29,33)(H,34,35);3*1H. The summed E-state index contributed by atoms with van der Waals surface area (Å²) >= 11 is 0. The van der Waals surface area contributed by atoms with Crippen molar-refractivity contribution in [2.75, 3.05) is 48.4 Å². The van der Waals surface area contributed by atoms with Crippen LogP contribution in [0.15, 0.2) is 78.9 Å². The molecule has 1 fully saturated rings. The molecule has 8 nitrogen and oxygen atoms in total. The minimum absolute atomic E-state index is 0. The van der Waals surface area contributed by atoms with Gasteiger partial charge in [0, 0.05) is 42.9 Å². The van der Waals surface area contributed by atoms with Gasteiger partial charge in [-0.15, -0.1) is 37.2 Å². The van der Waals surface area contributed by atoms with Gasteiger partial charge >= 0.3 is 5.97 Å². The molecule has 1 aliphatic rings. The van der Waals surface area contributed by atoms with Crippen molar-refractivity contribution in [1.29, 1.82) is 0 Å². The first-order chi connectivity index (χ1) is 17.5. The van der Waals surface area contributed by atoms with Crippen molar-refractivity contribution in [3.8, 4) is 5.75 Å². The number of hydrogen-bond donors (Lipinski definition) is 2. The molecule has 0 unspecified atom stereocenters. The number of para-hydroxylation sites is 2. The van der Waals surface area contributed by atoms with Crippen LogP contribution in [-0.2, 0) is 0 Å². The molecule has 1 aliphatic heterocycles. The lowest BCUT2D eigenvalue weighted by Gasteiger charge is -2.37. The van der Waals surface area contributed by atoms with Crippen LogP contribution < -0.4 is 19.9 Å². The maximum Gasteiger partial charge on any atom is 0.336 e. The highest BCUT2D eigenvalue weighted by Crippen LogP contribution is 2.28. The Hall–Kier alpha value is -3.72. The minimum atomic E-state index is -1.04. The highest BCUT2D eigenvalue weighted by Gasteiger charge is 2.21. The number of nitrogens with zero attached hydrogens (tertiary/aromatic N) is 3. The summed E-state index contributed by atoms with van der Waals surface area (Å²) in [5, 5.41) is 13.3. The van der Waals surface area contributed by atoms with Gasteiger partial charge in [0.15, 0.2) is 0 Å². The molecule has 1 aromatic heterocycles. The largest absolute Gasteiger partial charge is 0.496 e. The Morgan fingerprint density at radius 1 is 0.821 bits per heavy atom. The number of halogens is 3. The first-order valence-electron chi connectivity index (χ1n) is 11.7. The molecule has 5 rings (SSSR count). The topological polar surface area (TPSA) is 95.0 Å². The van der Waals surface area contributed by atoms with E-state index in [1.54, 1.807) is 48.5 Å². The number of pyridine rings is 1. The van der Waals surface area contributed by atoms with Gasteiger partial charge in [-0.05, 0) is 48.5 Å². The molecule has 4 aromatic rings. The second-order valence-electron chi connectivity index (χ2n) is 8.53. The number of aromatic carboxylic acids is 1. The van der Waals surface area contributed by atoms with Crippen molar-refractivity contribution < 1.29 is 19.4 Å². The van der Waals surface area contributed by atoms with Crippen LogP contribution in [0.4, 0.5) is 17.2 Å². The maximum absolute atomic E-state index is 12.8. The van der Waals surface area contributed by atoms with Crippen LogP contribution in [0.3, 0.4) is 0 Å². The van der Waals surface area contributed by atoms with E-state index in [9.17, 15) is 14.7 Å². The van der Waals surface area contributed by atoms with Crippen LogP contribution in [0.2, 0.25) is 0 Å². The number of nitrogens with one attached hydrogen (secondary N) is 1. The second-order valence-corrected chi connectivity index (χ2v) is 8.53. The van der Waals surface area contributed by atoms with E-state index < -0.39 is 5.97 Å². The zero-order valence-corrected chi connectivity index (χ0v) is 23.5. The number of ether oxygens (including phenoxy) is 1. The SMILES string of the molecule is COc1ccccc1C(=O)Nc1ccc2nc(N3CCN(c4ccccc4)CC3)cc(C(=O)O)c2c1.Cl.Cl.Cl. The summed E-state index contributed by atoms with van der Waals surface area (Å²) in [5.41, 5.74) is 2.76. The van der Waals surface area contributed by atoms with Crippen LogP contribution in [0.25, 0.3) is 10.9 Å². The number of carboxylic acids is 1. The molecule has 1 saturated heterocycles. The van der Waals surface area contributed by atoms with Crippen LogP contribution in [0.1, 0.15) is 20.7 Å². The molecule has 0 radical (unpaired) electrons. The number of piperazine rings is 1. The van der Waals surface area contributed by atoms with E-state index in [1.807, 2.05) is 18.2 Å². The van der Waals surface area contributed by atoms with E-state index in [-0.39, 0.29) is 48.7 Å². The molecule has 0 aliphatic carbocycles. The summed E-state index contributed by atoms with van der Waals surface area (Å²) in [7, 11) is 1.51. The van der Waals surface area contributed by atoms with Gasteiger partial charge in [0.1, 0.15) is 11.6 Å². The summed E-state index contributed by atoms with van der Waals surface area (Å²) in [4.78, 5) is 34.2. The molecule has 206 valence electrons. The first-order valence-corrected chi connectivity index (χ1v) is 11.7. The Morgan fingerprint density at radius 3 is 2.13 bits per heavy atom. The van der Waals surface area contributed by atoms with Gasteiger partial charge in [0.05, 0.1) is 23.8 Å². The molecule has 0 saturated carbocycles. The molecule has 0 spiro atoms. The van der Waals surface area contributed by atoms with E-state index in [1.165, 1.54) is 12.8 Å². The third kappa shape index (κ3) is 6.84. The Kier molecular flexibility index (Phi) is 11.2. The molecule has 11 heteroatoms. The van der Waals surface area contributed by atoms with Gasteiger partial charge in [-0.3, -0.25) is 4.79 Å². The number of methoxy groups -OCH3 is 1. The summed E-state index contributed by atoms with van der Waals surface area (Å²) in [6, 6.07) is 23.9. The summed E-state index contributed by atoms with van der Waals surface area (Å²) in [6.07, 6.45) is 0. The number of aromatic nitrogens is 1. The second kappa shape index (κ2) is 13.9. The fraction of sp³-hybridized carbons (Fsp3) is 0.179. The fourth-order valence-corrected chi connectivity index (χ4v) is 4.49. The molecule has 0 bridgehead atoms. The Morgan fingerprint density at radius 2 is 1.46 bits per heavy atom. The summed E-state index contributed by atoms with van der Waals surface area (Å²) in [5.74, 6) is -0.288. The van der Waals surface area contributed by atoms with Gasteiger partial charge in [0.25, 0.3) is 5.91 Å². The van der Waals surface area contributed by atoms with Crippen LogP contribution in [0, 0.1) is 0 Å². The van der Waals surface area contributed by atoms with Gasteiger partial charge in [-0.1, -0.05) is 30.3 Å². The van der Waals surface area contributed by atoms with Crippen LogP contribution in [0.5, 0.6) is 5.75 Å². The van der Waals surface area contributed by atoms with Crippen molar-refractivity contribution in [1.82, 2.24) is 4.98 Å². The van der Waals surface area contributed by atoms with E-state index in [4.69, 9.17) is 9.72 Å². The van der Waals surface area contributed by atoms with Gasteiger partial charge in [0.2, 0.25) is 0 Å². The Bertz CT molecular complexity index is 1430. The van der Waals surface area contributed by atoms with E-state index >= 15 is 0 Å². The van der Waals surface area contributed by atoms with Crippen molar-refractivity contribution in [3.05, 3.63) is 90.0 Å². The number of carbonyl (C=O) groups excluding carboxylic acids is 1. The predicted molar refractivity (Wildman–Crippen MR) is 162 cm³/mol. The van der Waals surface area contributed by atoms with Crippen molar-refractivity contribution in [3.63, 3.8) is 0 Å². The third-order valence-electron chi connectivity index (χ3n) is 6.36. The van der Waals surface area contributed by atoms with Gasteiger partial charge in [-0.25, -0.2) is 9.78 Å². The number of fused-ring (bicyclic) bond motifs is 1. The van der Waals surface area contributed by atoms with E-state index in [2.05, 4.69) is 27.2 Å². The maximum atomic E-state index is 12.8. The van der Waals surface area contributed by atoms with Crippen LogP contribution in [-0.4, -0.2) is 55.3 Å². The average molecular weight is 592 g/mol. The predicted octanol–water partition coefficient (Wildman–Crippen LogP) is 5.79. The molecule has 1 amide bonds. The van der Waals surface area contributed by atoms with Crippen molar-refractivity contribution in [2.24, 2.45) is 0 Å². The third-order valence-corrected chi connectivity index (χ3v) is 6.36. The zero-order valence-electron chi connectivity index (χ0n) is 21.1. The normalized spacial score (nSPS) is 12.4. The lowest BCUT2D eigenvalue weighted by molar-refractivity contribution is 0.0698. The number of rotatable bonds is 6. The number of benzene rings is 3. The highest BCUT2D eigenvalue weighted by atomic mass is 35.5. The lowest BCUT2D eigenvalue weighted by Crippen LogP contribution is -2.46.